The molecule has 0 amide bonds. The van der Waals surface area contributed by atoms with E-state index in [4.69, 9.17) is 0 Å². The molecule has 0 atom stereocenters. The maximum Gasteiger partial charge on any atom is 0.328 e. The van der Waals surface area contributed by atoms with Gasteiger partial charge in [0.1, 0.15) is 0 Å². The van der Waals surface area contributed by atoms with E-state index in [0.717, 1.165) is 26.2 Å². The van der Waals surface area contributed by atoms with Crippen LogP contribution in [0.15, 0.2) is 17.2 Å². The van der Waals surface area contributed by atoms with Crippen LogP contribution in [0.3, 0.4) is 0 Å². The third-order valence-electron chi connectivity index (χ3n) is 2.70. The summed E-state index contributed by atoms with van der Waals surface area (Å²) in [5.41, 5.74) is 0.0782. The molecule has 0 spiro atoms. The van der Waals surface area contributed by atoms with Gasteiger partial charge in [0, 0.05) is 44.6 Å². The van der Waals surface area contributed by atoms with Gasteiger partial charge in [-0.25, -0.2) is 4.79 Å². The number of hydrogen-bond acceptors (Lipinski definition) is 3. The van der Waals surface area contributed by atoms with E-state index in [1.54, 1.807) is 9.13 Å². The molecule has 0 saturated carbocycles. The highest BCUT2D eigenvalue weighted by molar-refractivity contribution is 4.83. The van der Waals surface area contributed by atoms with E-state index in [1.165, 1.54) is 0 Å². The lowest BCUT2D eigenvalue weighted by Crippen LogP contribution is -2.32. The molecule has 0 unspecified atom stereocenters. The quantitative estimate of drug-likeness (QED) is 0.701. The number of likely N-dealkylation sites (N-methyl/N-ethyl adjacent to an activating group) is 1. The highest BCUT2D eigenvalue weighted by Crippen LogP contribution is 1.98. The van der Waals surface area contributed by atoms with Crippen LogP contribution in [-0.4, -0.2) is 47.8 Å². The van der Waals surface area contributed by atoms with Gasteiger partial charge in [-0.15, -0.1) is 0 Å². The summed E-state index contributed by atoms with van der Waals surface area (Å²) in [6.07, 6.45) is 3.71. The first-order valence-electron chi connectivity index (χ1n) is 6.15. The lowest BCUT2D eigenvalue weighted by atomic mass is 10.4. The smallest absolute Gasteiger partial charge is 0.314 e. The molecule has 1 heterocycles. The average molecular weight is 240 g/mol. The minimum atomic E-state index is 0.0782. The van der Waals surface area contributed by atoms with E-state index < -0.39 is 0 Å². The lowest BCUT2D eigenvalue weighted by molar-refractivity contribution is 0.397. The monoisotopic (exact) mass is 240 g/mol. The van der Waals surface area contributed by atoms with E-state index >= 15 is 0 Å². The number of hydrogen-bond donors (Lipinski definition) is 1. The Morgan fingerprint density at radius 1 is 1.29 bits per heavy atom. The molecule has 0 aliphatic carbocycles. The van der Waals surface area contributed by atoms with E-state index in [1.807, 2.05) is 26.2 Å². The Bertz CT molecular complexity index is 378. The molecule has 0 fully saturated rings. The van der Waals surface area contributed by atoms with Crippen molar-refractivity contribution in [3.63, 3.8) is 0 Å². The van der Waals surface area contributed by atoms with Crippen molar-refractivity contribution in [3.05, 3.63) is 22.9 Å². The Morgan fingerprint density at radius 2 is 2.00 bits per heavy atom. The number of aromatic nitrogens is 2. The Labute approximate surface area is 103 Å². The topological polar surface area (TPSA) is 42.2 Å². The maximum atomic E-state index is 11.9. The van der Waals surface area contributed by atoms with Crippen molar-refractivity contribution in [2.45, 2.75) is 26.4 Å². The molecule has 0 aromatic carbocycles. The summed E-state index contributed by atoms with van der Waals surface area (Å²) in [7, 11) is 4.10. The molecule has 5 heteroatoms. The highest BCUT2D eigenvalue weighted by atomic mass is 16.1. The zero-order valence-electron chi connectivity index (χ0n) is 11.3. The predicted molar refractivity (Wildman–Crippen MR) is 70.5 cm³/mol. The second-order valence-corrected chi connectivity index (χ2v) is 4.83. The summed E-state index contributed by atoms with van der Waals surface area (Å²) in [5, 5.41) is 3.32. The van der Waals surface area contributed by atoms with Gasteiger partial charge in [-0.05, 0) is 27.9 Å². The molecule has 0 aliphatic heterocycles. The van der Waals surface area contributed by atoms with Gasteiger partial charge in [0.15, 0.2) is 0 Å². The van der Waals surface area contributed by atoms with Crippen molar-refractivity contribution in [1.82, 2.24) is 19.4 Å². The second-order valence-electron chi connectivity index (χ2n) is 4.83. The van der Waals surface area contributed by atoms with Crippen LogP contribution in [0, 0.1) is 0 Å². The average Bonchev–Trinajstić information content (AvgIpc) is 2.59. The van der Waals surface area contributed by atoms with Gasteiger partial charge in [-0.2, -0.15) is 0 Å². The van der Waals surface area contributed by atoms with Gasteiger partial charge in [-0.1, -0.05) is 0 Å². The molecule has 0 radical (unpaired) electrons. The van der Waals surface area contributed by atoms with Gasteiger partial charge in [0.2, 0.25) is 0 Å². The van der Waals surface area contributed by atoms with Gasteiger partial charge >= 0.3 is 5.69 Å². The number of nitrogens with zero attached hydrogens (tertiary/aromatic N) is 3. The van der Waals surface area contributed by atoms with Crippen LogP contribution in [0.25, 0.3) is 0 Å². The fraction of sp³-hybridized carbons (Fsp3) is 0.750. The van der Waals surface area contributed by atoms with Gasteiger partial charge in [-0.3, -0.25) is 9.13 Å². The summed E-state index contributed by atoms with van der Waals surface area (Å²) in [4.78, 5) is 14.0. The molecule has 5 nitrogen and oxygen atoms in total. The van der Waals surface area contributed by atoms with E-state index in [2.05, 4.69) is 24.3 Å². The predicted octanol–water partition coefficient (Wildman–Crippen LogP) is 0.382. The van der Waals surface area contributed by atoms with Crippen LogP contribution >= 0.6 is 0 Å². The zero-order chi connectivity index (χ0) is 12.8. The summed E-state index contributed by atoms with van der Waals surface area (Å²) >= 11 is 0. The summed E-state index contributed by atoms with van der Waals surface area (Å²) < 4.78 is 3.50. The Morgan fingerprint density at radius 3 is 2.53 bits per heavy atom. The van der Waals surface area contributed by atoms with Gasteiger partial charge in [0.25, 0.3) is 0 Å². The summed E-state index contributed by atoms with van der Waals surface area (Å²) in [6, 6.07) is 0.227. The van der Waals surface area contributed by atoms with Crippen molar-refractivity contribution in [2.75, 3.05) is 33.7 Å². The molecular weight excluding hydrogens is 216 g/mol. The van der Waals surface area contributed by atoms with Crippen LogP contribution in [-0.2, 0) is 6.54 Å². The Hall–Kier alpha value is -1.07. The van der Waals surface area contributed by atoms with Crippen molar-refractivity contribution in [2.24, 2.45) is 0 Å². The first-order valence-corrected chi connectivity index (χ1v) is 6.15. The molecule has 1 N–H and O–H groups in total. The van der Waals surface area contributed by atoms with Crippen molar-refractivity contribution >= 4 is 0 Å². The molecule has 1 aromatic rings. The zero-order valence-corrected chi connectivity index (χ0v) is 11.3. The molecule has 0 aliphatic rings. The van der Waals surface area contributed by atoms with Crippen LogP contribution < -0.4 is 11.0 Å². The van der Waals surface area contributed by atoms with Gasteiger partial charge in [0.05, 0.1) is 0 Å². The largest absolute Gasteiger partial charge is 0.328 e. The third kappa shape index (κ3) is 4.36. The van der Waals surface area contributed by atoms with Crippen molar-refractivity contribution < 1.29 is 0 Å². The Kier molecular flexibility index (Phi) is 5.44. The third-order valence-corrected chi connectivity index (χ3v) is 2.70. The van der Waals surface area contributed by atoms with Gasteiger partial charge < -0.3 is 10.2 Å². The summed E-state index contributed by atoms with van der Waals surface area (Å²) in [6.45, 7) is 7.55. The van der Waals surface area contributed by atoms with E-state index in [-0.39, 0.29) is 11.7 Å². The van der Waals surface area contributed by atoms with Crippen LogP contribution in [0.1, 0.15) is 19.9 Å². The number of nitrogens with one attached hydrogen (secondary N) is 1. The minimum absolute atomic E-state index is 0.0782. The molecular formula is C12H24N4O. The van der Waals surface area contributed by atoms with Crippen molar-refractivity contribution in [1.29, 1.82) is 0 Å². The lowest BCUT2D eigenvalue weighted by Gasteiger charge is -2.10. The number of rotatable bonds is 7. The van der Waals surface area contributed by atoms with Crippen molar-refractivity contribution in [3.8, 4) is 0 Å². The first-order chi connectivity index (χ1) is 8.02. The van der Waals surface area contributed by atoms with Crippen LogP contribution in [0.5, 0.6) is 0 Å². The SMILES string of the molecule is CC(C)n1ccn(CCNCCN(C)C)c1=O. The summed E-state index contributed by atoms with van der Waals surface area (Å²) in [5.74, 6) is 0. The maximum absolute atomic E-state index is 11.9. The fourth-order valence-electron chi connectivity index (χ4n) is 1.62. The molecule has 0 bridgehead atoms. The van der Waals surface area contributed by atoms with Crippen LogP contribution in [0.4, 0.5) is 0 Å². The Balaban J connectivity index is 2.35. The molecule has 1 rings (SSSR count). The number of imidazole rings is 1. The molecule has 98 valence electrons. The first kappa shape index (κ1) is 14.0. The van der Waals surface area contributed by atoms with E-state index in [9.17, 15) is 4.79 Å². The second kappa shape index (κ2) is 6.61. The normalized spacial score (nSPS) is 11.6. The molecule has 1 aromatic heterocycles. The fourth-order valence-corrected chi connectivity index (χ4v) is 1.62. The molecule has 0 saturated heterocycles. The minimum Gasteiger partial charge on any atom is -0.314 e. The van der Waals surface area contributed by atoms with Crippen LogP contribution in [0.2, 0.25) is 0 Å². The highest BCUT2D eigenvalue weighted by Gasteiger charge is 2.05. The molecule has 17 heavy (non-hydrogen) atoms. The standard InChI is InChI=1S/C12H24N4O/c1-11(2)16-10-9-15(12(16)17)8-6-13-5-7-14(3)4/h9-11,13H,5-8H2,1-4H3. The van der Waals surface area contributed by atoms with E-state index in [0.29, 0.717) is 0 Å².